The number of hydrogen-bond acceptors (Lipinski definition) is 3. The molecule has 0 heterocycles. The number of benzene rings is 1. The van der Waals surface area contributed by atoms with Crippen LogP contribution in [-0.2, 0) is 9.59 Å². The molecule has 0 aromatic heterocycles. The molecule has 3 nitrogen and oxygen atoms in total. The maximum atomic E-state index is 11.2. The van der Waals surface area contributed by atoms with Crippen molar-refractivity contribution in [1.82, 2.24) is 0 Å². The van der Waals surface area contributed by atoms with E-state index in [1.165, 1.54) is 18.7 Å². The van der Waals surface area contributed by atoms with Crippen LogP contribution in [0.1, 0.15) is 13.8 Å². The summed E-state index contributed by atoms with van der Waals surface area (Å²) in [5.74, 6) is -2.29. The largest absolute Gasteiger partial charge is 0.481 e. The Balaban J connectivity index is 2.74. The highest BCUT2D eigenvalue weighted by Crippen LogP contribution is 2.28. The standard InChI is InChI=1S/C12H14O3S/c1-8(13)11(12(14)15)9(2)16-10-6-4-3-5-7-10/h3-7,9,11H,1-2H3,(H,14,15). The van der Waals surface area contributed by atoms with Gasteiger partial charge in [0, 0.05) is 10.1 Å². The van der Waals surface area contributed by atoms with E-state index in [0.717, 1.165) is 4.90 Å². The van der Waals surface area contributed by atoms with Crippen LogP contribution in [0, 0.1) is 5.92 Å². The third-order valence-corrected chi connectivity index (χ3v) is 3.43. The highest BCUT2D eigenvalue weighted by molar-refractivity contribution is 8.00. The average Bonchev–Trinajstić information content (AvgIpc) is 2.17. The average molecular weight is 238 g/mol. The quantitative estimate of drug-likeness (QED) is 0.632. The summed E-state index contributed by atoms with van der Waals surface area (Å²) in [6.45, 7) is 3.08. The number of ketones is 1. The molecule has 1 rings (SSSR count). The van der Waals surface area contributed by atoms with Crippen molar-refractivity contribution in [3.63, 3.8) is 0 Å². The number of thioether (sulfide) groups is 1. The highest BCUT2D eigenvalue weighted by Gasteiger charge is 2.29. The summed E-state index contributed by atoms with van der Waals surface area (Å²) in [6.07, 6.45) is 0. The molecule has 0 radical (unpaired) electrons. The van der Waals surface area contributed by atoms with Crippen molar-refractivity contribution in [2.24, 2.45) is 5.92 Å². The molecule has 0 aliphatic carbocycles. The Labute approximate surface area is 98.9 Å². The zero-order valence-electron chi connectivity index (χ0n) is 9.21. The molecule has 0 amide bonds. The van der Waals surface area contributed by atoms with Crippen molar-refractivity contribution in [1.29, 1.82) is 0 Å². The first-order valence-electron chi connectivity index (χ1n) is 4.97. The maximum Gasteiger partial charge on any atom is 0.315 e. The fourth-order valence-electron chi connectivity index (χ4n) is 1.49. The molecule has 0 spiro atoms. The van der Waals surface area contributed by atoms with Crippen LogP contribution in [0.4, 0.5) is 0 Å². The van der Waals surface area contributed by atoms with Gasteiger partial charge in [0.1, 0.15) is 11.7 Å². The van der Waals surface area contributed by atoms with Gasteiger partial charge in [0.25, 0.3) is 0 Å². The Morgan fingerprint density at radius 1 is 1.25 bits per heavy atom. The lowest BCUT2D eigenvalue weighted by Crippen LogP contribution is -2.29. The van der Waals surface area contributed by atoms with E-state index in [2.05, 4.69) is 0 Å². The van der Waals surface area contributed by atoms with Gasteiger partial charge in [0.15, 0.2) is 0 Å². The van der Waals surface area contributed by atoms with Crippen molar-refractivity contribution in [3.8, 4) is 0 Å². The Morgan fingerprint density at radius 2 is 1.81 bits per heavy atom. The van der Waals surface area contributed by atoms with Crippen LogP contribution in [0.2, 0.25) is 0 Å². The topological polar surface area (TPSA) is 54.4 Å². The predicted octanol–water partition coefficient (Wildman–Crippen LogP) is 2.46. The summed E-state index contributed by atoms with van der Waals surface area (Å²) >= 11 is 1.41. The zero-order chi connectivity index (χ0) is 12.1. The minimum atomic E-state index is -1.05. The second-order valence-corrected chi connectivity index (χ2v) is 5.01. The third-order valence-electron chi connectivity index (χ3n) is 2.24. The second kappa shape index (κ2) is 5.70. The molecule has 0 saturated heterocycles. The van der Waals surface area contributed by atoms with Crippen molar-refractivity contribution in [2.75, 3.05) is 0 Å². The lowest BCUT2D eigenvalue weighted by atomic mass is 10.0. The fraction of sp³-hybridized carbons (Fsp3) is 0.333. The van der Waals surface area contributed by atoms with E-state index < -0.39 is 11.9 Å². The second-order valence-electron chi connectivity index (χ2n) is 3.56. The first-order chi connectivity index (χ1) is 7.52. The summed E-state index contributed by atoms with van der Waals surface area (Å²) in [6, 6.07) is 9.48. The summed E-state index contributed by atoms with van der Waals surface area (Å²) < 4.78 is 0. The Morgan fingerprint density at radius 3 is 2.25 bits per heavy atom. The number of Topliss-reactive ketones (excluding diaryl/α,β-unsaturated/α-hetero) is 1. The molecule has 0 bridgehead atoms. The van der Waals surface area contributed by atoms with Crippen molar-refractivity contribution in [2.45, 2.75) is 24.0 Å². The number of hydrogen-bond donors (Lipinski definition) is 1. The van der Waals surface area contributed by atoms with Crippen molar-refractivity contribution in [3.05, 3.63) is 30.3 Å². The van der Waals surface area contributed by atoms with Crippen molar-refractivity contribution >= 4 is 23.5 Å². The predicted molar refractivity (Wildman–Crippen MR) is 63.6 cm³/mol. The molecule has 2 atom stereocenters. The van der Waals surface area contributed by atoms with Crippen LogP contribution in [-0.4, -0.2) is 22.1 Å². The number of aliphatic carboxylic acids is 1. The number of carboxylic acids is 1. The Kier molecular flexibility index (Phi) is 4.55. The zero-order valence-corrected chi connectivity index (χ0v) is 10.0. The van der Waals surface area contributed by atoms with Gasteiger partial charge in [-0.1, -0.05) is 25.1 Å². The van der Waals surface area contributed by atoms with E-state index in [-0.39, 0.29) is 11.0 Å². The maximum absolute atomic E-state index is 11.2. The molecule has 0 fully saturated rings. The van der Waals surface area contributed by atoms with Crippen LogP contribution >= 0.6 is 11.8 Å². The number of rotatable bonds is 5. The molecule has 1 aromatic carbocycles. The molecule has 1 aromatic rings. The third kappa shape index (κ3) is 3.38. The molecule has 86 valence electrons. The van der Waals surface area contributed by atoms with E-state index >= 15 is 0 Å². The van der Waals surface area contributed by atoms with Gasteiger partial charge in [0.05, 0.1) is 0 Å². The van der Waals surface area contributed by atoms with Gasteiger partial charge in [-0.3, -0.25) is 9.59 Å². The van der Waals surface area contributed by atoms with E-state index in [9.17, 15) is 9.59 Å². The number of carbonyl (C=O) groups excluding carboxylic acids is 1. The van der Waals surface area contributed by atoms with Gasteiger partial charge >= 0.3 is 5.97 Å². The molecule has 2 unspecified atom stereocenters. The number of carbonyl (C=O) groups is 2. The first-order valence-corrected chi connectivity index (χ1v) is 5.85. The molecule has 0 aliphatic rings. The Bertz CT molecular complexity index is 361. The van der Waals surface area contributed by atoms with Gasteiger partial charge in [0.2, 0.25) is 0 Å². The minimum absolute atomic E-state index is 0.266. The molecule has 16 heavy (non-hydrogen) atoms. The van der Waals surface area contributed by atoms with Crippen LogP contribution in [0.5, 0.6) is 0 Å². The normalized spacial score (nSPS) is 14.1. The van der Waals surface area contributed by atoms with E-state index in [4.69, 9.17) is 5.11 Å². The van der Waals surface area contributed by atoms with Gasteiger partial charge < -0.3 is 5.11 Å². The SMILES string of the molecule is CC(=O)C(C(=O)O)C(C)Sc1ccccc1. The van der Waals surface area contributed by atoms with E-state index in [1.807, 2.05) is 30.3 Å². The highest BCUT2D eigenvalue weighted by atomic mass is 32.2. The smallest absolute Gasteiger partial charge is 0.315 e. The Hall–Kier alpha value is -1.29. The lowest BCUT2D eigenvalue weighted by Gasteiger charge is -2.16. The van der Waals surface area contributed by atoms with Crippen LogP contribution < -0.4 is 0 Å². The molecule has 0 aliphatic heterocycles. The van der Waals surface area contributed by atoms with E-state index in [0.29, 0.717) is 0 Å². The van der Waals surface area contributed by atoms with Crippen LogP contribution in [0.3, 0.4) is 0 Å². The van der Waals surface area contributed by atoms with Gasteiger partial charge in [-0.25, -0.2) is 0 Å². The van der Waals surface area contributed by atoms with Gasteiger partial charge in [-0.2, -0.15) is 0 Å². The summed E-state index contributed by atoms with van der Waals surface area (Å²) in [4.78, 5) is 23.1. The summed E-state index contributed by atoms with van der Waals surface area (Å²) in [5, 5.41) is 8.69. The monoisotopic (exact) mass is 238 g/mol. The van der Waals surface area contributed by atoms with Crippen LogP contribution in [0.15, 0.2) is 35.2 Å². The van der Waals surface area contributed by atoms with Gasteiger partial charge in [-0.05, 0) is 19.1 Å². The van der Waals surface area contributed by atoms with Crippen molar-refractivity contribution < 1.29 is 14.7 Å². The van der Waals surface area contributed by atoms with Crippen LogP contribution in [0.25, 0.3) is 0 Å². The first kappa shape index (κ1) is 12.8. The molecule has 0 saturated carbocycles. The molecule has 1 N–H and O–H groups in total. The molecular formula is C12H14O3S. The summed E-state index contributed by atoms with van der Waals surface area (Å²) in [5.41, 5.74) is 0. The molecular weight excluding hydrogens is 224 g/mol. The molecule has 4 heteroatoms. The van der Waals surface area contributed by atoms with Gasteiger partial charge in [-0.15, -0.1) is 11.8 Å². The lowest BCUT2D eigenvalue weighted by molar-refractivity contribution is -0.145. The number of carboxylic acid groups (broad SMARTS) is 1. The van der Waals surface area contributed by atoms with E-state index in [1.54, 1.807) is 6.92 Å². The minimum Gasteiger partial charge on any atom is -0.481 e. The summed E-state index contributed by atoms with van der Waals surface area (Å²) in [7, 11) is 0. The fourth-order valence-corrected chi connectivity index (χ4v) is 2.67.